The van der Waals surface area contributed by atoms with Gasteiger partial charge in [0.1, 0.15) is 6.10 Å². The molecular formula is C31H40N4O9S. The van der Waals surface area contributed by atoms with Gasteiger partial charge in [-0.2, -0.15) is 9.57 Å². The van der Waals surface area contributed by atoms with Gasteiger partial charge in [0.15, 0.2) is 6.29 Å². The number of fused-ring (bicyclic) bond motifs is 1. The molecule has 2 aromatic rings. The van der Waals surface area contributed by atoms with Crippen molar-refractivity contribution in [3.63, 3.8) is 0 Å². The van der Waals surface area contributed by atoms with E-state index < -0.39 is 51.0 Å². The Kier molecular flexibility index (Phi) is 11.5. The van der Waals surface area contributed by atoms with Crippen LogP contribution in [0.25, 0.3) is 0 Å². The van der Waals surface area contributed by atoms with Gasteiger partial charge in [0, 0.05) is 31.6 Å². The first-order valence-corrected chi connectivity index (χ1v) is 16.4. The lowest BCUT2D eigenvalue weighted by atomic mass is 9.87. The van der Waals surface area contributed by atoms with Crippen molar-refractivity contribution >= 4 is 21.8 Å². The van der Waals surface area contributed by atoms with Gasteiger partial charge in [0.05, 0.1) is 47.2 Å². The fraction of sp³-hybridized carbons (Fsp3) is 0.548. The number of amides is 1. The summed E-state index contributed by atoms with van der Waals surface area (Å²) in [5.74, 6) is -0.0844. The third-order valence-corrected chi connectivity index (χ3v) is 9.96. The van der Waals surface area contributed by atoms with Gasteiger partial charge in [0.2, 0.25) is 10.0 Å². The minimum absolute atomic E-state index is 0.0141. The van der Waals surface area contributed by atoms with Gasteiger partial charge in [0.25, 0.3) is 5.69 Å². The van der Waals surface area contributed by atoms with Gasteiger partial charge >= 0.3 is 6.09 Å². The number of aliphatic hydroxyl groups excluding tert-OH is 1. The van der Waals surface area contributed by atoms with Gasteiger partial charge in [-0.3, -0.25) is 10.1 Å². The number of nitrogens with zero attached hydrogens (tertiary/aromatic N) is 3. The molecule has 0 bridgehead atoms. The Morgan fingerprint density at radius 2 is 1.93 bits per heavy atom. The van der Waals surface area contributed by atoms with Crippen LogP contribution in [0, 0.1) is 32.8 Å². The molecule has 0 aromatic heterocycles. The fourth-order valence-corrected chi connectivity index (χ4v) is 7.34. The second-order valence-corrected chi connectivity index (χ2v) is 14.1. The molecule has 0 radical (unpaired) electrons. The van der Waals surface area contributed by atoms with E-state index in [1.165, 1.54) is 0 Å². The van der Waals surface area contributed by atoms with E-state index in [9.17, 15) is 28.4 Å². The minimum atomic E-state index is -4.25. The van der Waals surface area contributed by atoms with Crippen LogP contribution >= 0.6 is 0 Å². The number of alkyl carbamates (subject to hydrolysis) is 1. The number of non-ortho nitro benzene ring substituents is 1. The zero-order valence-corrected chi connectivity index (χ0v) is 26.2. The first-order valence-electron chi connectivity index (χ1n) is 14.9. The highest BCUT2D eigenvalue weighted by Gasteiger charge is 2.44. The molecular weight excluding hydrogens is 604 g/mol. The smallest absolute Gasteiger partial charge is 0.407 e. The van der Waals surface area contributed by atoms with Crippen molar-refractivity contribution in [2.45, 2.75) is 75.4 Å². The number of nitro benzene ring substituents is 1. The fourth-order valence-electron chi connectivity index (χ4n) is 5.70. The lowest BCUT2D eigenvalue weighted by Gasteiger charge is -2.35. The highest BCUT2D eigenvalue weighted by Crippen LogP contribution is 2.33. The summed E-state index contributed by atoms with van der Waals surface area (Å²) < 4.78 is 45.8. The first-order chi connectivity index (χ1) is 21.4. The zero-order valence-electron chi connectivity index (χ0n) is 25.4. The van der Waals surface area contributed by atoms with E-state index in [0.717, 1.165) is 34.1 Å². The molecule has 2 aliphatic rings. The van der Waals surface area contributed by atoms with Gasteiger partial charge < -0.3 is 24.6 Å². The summed E-state index contributed by atoms with van der Waals surface area (Å²) in [4.78, 5) is 23.5. The SMILES string of the molecule is CC(C)(CCCC#N)CN(CC(O)[C@H](Cc1ccccc1)NC(=O)OC1COC2OCCC12)S(=O)(=O)c1ccc([N+](=O)[O-])cc1. The molecule has 0 saturated carbocycles. The number of nitro groups is 1. The second-order valence-electron chi connectivity index (χ2n) is 12.2. The normalized spacial score (nSPS) is 21.1. The summed E-state index contributed by atoms with van der Waals surface area (Å²) in [7, 11) is -4.25. The van der Waals surface area contributed by atoms with Crippen molar-refractivity contribution in [1.29, 1.82) is 5.26 Å². The molecule has 2 heterocycles. The zero-order chi connectivity index (χ0) is 32.6. The van der Waals surface area contributed by atoms with Crippen molar-refractivity contribution in [3.05, 3.63) is 70.3 Å². The number of nitriles is 1. The maximum atomic E-state index is 14.0. The van der Waals surface area contributed by atoms with Crippen molar-refractivity contribution in [2.24, 2.45) is 11.3 Å². The Morgan fingerprint density at radius 1 is 1.22 bits per heavy atom. The van der Waals surface area contributed by atoms with Gasteiger partial charge in [-0.05, 0) is 48.8 Å². The summed E-state index contributed by atoms with van der Waals surface area (Å²) in [6, 6.07) is 14.9. The van der Waals surface area contributed by atoms with Crippen LogP contribution in [0.1, 0.15) is 45.1 Å². The first kappa shape index (κ1) is 34.3. The molecule has 2 N–H and O–H groups in total. The number of rotatable bonds is 15. The summed E-state index contributed by atoms with van der Waals surface area (Å²) in [6.07, 6.45) is -0.784. The highest BCUT2D eigenvalue weighted by atomic mass is 32.2. The monoisotopic (exact) mass is 644 g/mol. The Balaban J connectivity index is 1.57. The average molecular weight is 645 g/mol. The number of nitrogens with one attached hydrogen (secondary N) is 1. The number of carbonyl (C=O) groups is 1. The number of carbonyl (C=O) groups excluding carboxylic acids is 1. The Bertz CT molecular complexity index is 1450. The predicted molar refractivity (Wildman–Crippen MR) is 162 cm³/mol. The molecule has 0 spiro atoms. The van der Waals surface area contributed by atoms with Crippen LogP contribution in [0.4, 0.5) is 10.5 Å². The van der Waals surface area contributed by atoms with E-state index in [1.54, 1.807) is 0 Å². The van der Waals surface area contributed by atoms with Crippen LogP contribution in [0.15, 0.2) is 59.5 Å². The van der Waals surface area contributed by atoms with E-state index in [0.29, 0.717) is 32.3 Å². The van der Waals surface area contributed by atoms with Crippen molar-refractivity contribution in [3.8, 4) is 6.07 Å². The number of hydrogen-bond acceptors (Lipinski definition) is 10. The number of unbranched alkanes of at least 4 members (excludes halogenated alkanes) is 1. The Hall–Kier alpha value is -3.61. The third kappa shape index (κ3) is 9.21. The quantitative estimate of drug-likeness (QED) is 0.165. The maximum Gasteiger partial charge on any atom is 0.407 e. The molecule has 244 valence electrons. The van der Waals surface area contributed by atoms with Gasteiger partial charge in [-0.1, -0.05) is 44.2 Å². The lowest BCUT2D eigenvalue weighted by Crippen LogP contribution is -2.52. The molecule has 2 aromatic carbocycles. The lowest BCUT2D eigenvalue weighted by molar-refractivity contribution is -0.384. The van der Waals surface area contributed by atoms with E-state index in [2.05, 4.69) is 11.4 Å². The van der Waals surface area contributed by atoms with Crippen molar-refractivity contribution in [2.75, 3.05) is 26.3 Å². The molecule has 2 fully saturated rings. The van der Waals surface area contributed by atoms with Crippen LogP contribution in [-0.2, 0) is 30.7 Å². The number of ether oxygens (including phenoxy) is 3. The van der Waals surface area contributed by atoms with Crippen LogP contribution in [0.5, 0.6) is 0 Å². The molecule has 1 amide bonds. The van der Waals surface area contributed by atoms with E-state index >= 15 is 0 Å². The molecule has 0 aliphatic carbocycles. The number of benzene rings is 2. The second kappa shape index (κ2) is 15.1. The molecule has 14 heteroatoms. The highest BCUT2D eigenvalue weighted by molar-refractivity contribution is 7.89. The molecule has 45 heavy (non-hydrogen) atoms. The number of sulfonamides is 1. The van der Waals surface area contributed by atoms with Crippen molar-refractivity contribution < 1.29 is 37.5 Å². The molecule has 13 nitrogen and oxygen atoms in total. The average Bonchev–Trinajstić information content (AvgIpc) is 3.62. The summed E-state index contributed by atoms with van der Waals surface area (Å²) >= 11 is 0. The predicted octanol–water partition coefficient (Wildman–Crippen LogP) is 3.77. The molecule has 5 atom stereocenters. The number of aliphatic hydroxyl groups is 1. The van der Waals surface area contributed by atoms with Gasteiger partial charge in [-0.25, -0.2) is 13.2 Å². The minimum Gasteiger partial charge on any atom is -0.443 e. The molecule has 4 unspecified atom stereocenters. The van der Waals surface area contributed by atoms with Crippen LogP contribution in [0.3, 0.4) is 0 Å². The van der Waals surface area contributed by atoms with Gasteiger partial charge in [-0.15, -0.1) is 0 Å². The van der Waals surface area contributed by atoms with E-state index in [4.69, 9.17) is 19.5 Å². The topological polar surface area (TPSA) is 181 Å². The summed E-state index contributed by atoms with van der Waals surface area (Å²) in [6.45, 7) is 4.05. The van der Waals surface area contributed by atoms with Crippen LogP contribution < -0.4 is 5.32 Å². The maximum absolute atomic E-state index is 14.0. The largest absolute Gasteiger partial charge is 0.443 e. The van der Waals surface area contributed by atoms with E-state index in [1.807, 2.05) is 44.2 Å². The molecule has 2 aliphatic heterocycles. The van der Waals surface area contributed by atoms with E-state index in [-0.39, 0.29) is 42.6 Å². The van der Waals surface area contributed by atoms with Crippen LogP contribution in [-0.4, -0.2) is 79.7 Å². The summed E-state index contributed by atoms with van der Waals surface area (Å²) in [5, 5.41) is 34.5. The standard InChI is InChI=1S/C31H40N4O9S/c1-31(2,15-6-7-16-32)21-34(45(40,41)24-12-10-23(11-13-24)35(38)39)19-27(36)26(18-22-8-4-3-5-9-22)33-30(37)44-28-20-43-29-25(28)14-17-42-29/h3-5,8-13,25-29,36H,6-7,14-15,17-21H2,1-2H3,(H,33,37)/t25?,26-,27?,28?,29?/m0/s1. The van der Waals surface area contributed by atoms with Crippen molar-refractivity contribution in [1.82, 2.24) is 9.62 Å². The molecule has 2 saturated heterocycles. The Morgan fingerprint density at radius 3 is 2.60 bits per heavy atom. The summed E-state index contributed by atoms with van der Waals surface area (Å²) in [5.41, 5.74) is -0.0447. The molecule has 4 rings (SSSR count). The Labute approximate surface area is 263 Å². The third-order valence-electron chi connectivity index (χ3n) is 8.13. The number of hydrogen-bond donors (Lipinski definition) is 2. The van der Waals surface area contributed by atoms with Crippen LogP contribution in [0.2, 0.25) is 0 Å².